The van der Waals surface area contributed by atoms with Crippen molar-refractivity contribution >= 4 is 5.78 Å². The summed E-state index contributed by atoms with van der Waals surface area (Å²) in [4.78, 5) is 11.1. The first kappa shape index (κ1) is 10.3. The molecule has 0 fully saturated rings. The molecule has 0 aliphatic carbocycles. The van der Waals surface area contributed by atoms with E-state index in [0.29, 0.717) is 12.8 Å². The molecule has 0 bridgehead atoms. The van der Waals surface area contributed by atoms with E-state index >= 15 is 0 Å². The van der Waals surface area contributed by atoms with Crippen LogP contribution in [-0.4, -0.2) is 26.3 Å². The second-order valence-corrected chi connectivity index (χ2v) is 2.10. The van der Waals surface area contributed by atoms with E-state index in [1.807, 2.05) is 0 Å². The molecule has 0 spiro atoms. The van der Waals surface area contributed by atoms with Crippen molar-refractivity contribution in [1.82, 2.24) is 0 Å². The van der Waals surface area contributed by atoms with Gasteiger partial charge in [-0.05, 0) is 6.42 Å². The van der Waals surface area contributed by atoms with Crippen LogP contribution in [0.3, 0.4) is 0 Å². The van der Waals surface area contributed by atoms with Crippen molar-refractivity contribution in [2.75, 3.05) is 14.2 Å². The molecular weight excluding hydrogens is 144 g/mol. The van der Waals surface area contributed by atoms with E-state index in [9.17, 15) is 4.79 Å². The zero-order valence-corrected chi connectivity index (χ0v) is 7.00. The third-order valence-corrected chi connectivity index (χ3v) is 1.29. The number of methoxy groups -OCH3 is 2. The lowest BCUT2D eigenvalue weighted by molar-refractivity contribution is -0.156. The predicted molar refractivity (Wildman–Crippen MR) is 42.2 cm³/mol. The fourth-order valence-electron chi connectivity index (χ4n) is 0.721. The molecule has 0 amide bonds. The van der Waals surface area contributed by atoms with Crippen LogP contribution in [0.25, 0.3) is 0 Å². The van der Waals surface area contributed by atoms with Gasteiger partial charge in [0.2, 0.25) is 6.29 Å². The van der Waals surface area contributed by atoms with Crippen LogP contribution in [0.2, 0.25) is 0 Å². The molecule has 0 aliphatic heterocycles. The van der Waals surface area contributed by atoms with Gasteiger partial charge in [0.1, 0.15) is 0 Å². The molecule has 0 rings (SSSR count). The summed E-state index contributed by atoms with van der Waals surface area (Å²) in [6.07, 6.45) is 2.08. The summed E-state index contributed by atoms with van der Waals surface area (Å²) in [7, 11) is 2.89. The molecule has 0 atom stereocenters. The maximum absolute atomic E-state index is 11.1. The van der Waals surface area contributed by atoms with Gasteiger partial charge in [0.25, 0.3) is 0 Å². The van der Waals surface area contributed by atoms with Gasteiger partial charge in [0.05, 0.1) is 0 Å². The Bertz CT molecular complexity index is 127. The molecule has 0 heterocycles. The summed E-state index contributed by atoms with van der Waals surface area (Å²) in [5.74, 6) is -0.0464. The Labute approximate surface area is 67.0 Å². The Kier molecular flexibility index (Phi) is 5.70. The van der Waals surface area contributed by atoms with E-state index in [0.717, 1.165) is 0 Å². The Morgan fingerprint density at radius 1 is 1.55 bits per heavy atom. The van der Waals surface area contributed by atoms with Gasteiger partial charge in [-0.25, -0.2) is 0 Å². The maximum Gasteiger partial charge on any atom is 0.217 e. The quantitative estimate of drug-likeness (QED) is 0.429. The molecule has 3 nitrogen and oxygen atoms in total. The molecule has 0 aromatic rings. The number of rotatable bonds is 6. The van der Waals surface area contributed by atoms with Crippen LogP contribution in [0.4, 0.5) is 0 Å². The van der Waals surface area contributed by atoms with Gasteiger partial charge < -0.3 is 9.47 Å². The molecule has 0 N–H and O–H groups in total. The normalized spacial score (nSPS) is 10.1. The summed E-state index contributed by atoms with van der Waals surface area (Å²) in [6.45, 7) is 3.51. The molecule has 0 saturated carbocycles. The number of hydrogen-bond donors (Lipinski definition) is 0. The van der Waals surface area contributed by atoms with Crippen molar-refractivity contribution < 1.29 is 14.3 Å². The fraction of sp³-hybridized carbons (Fsp3) is 0.625. The Morgan fingerprint density at radius 2 is 2.09 bits per heavy atom. The Balaban J connectivity index is 3.69. The average Bonchev–Trinajstić information content (AvgIpc) is 2.03. The van der Waals surface area contributed by atoms with Gasteiger partial charge in [-0.15, -0.1) is 6.58 Å². The van der Waals surface area contributed by atoms with Crippen LogP contribution >= 0.6 is 0 Å². The Morgan fingerprint density at radius 3 is 2.45 bits per heavy atom. The van der Waals surface area contributed by atoms with E-state index in [1.54, 1.807) is 6.08 Å². The summed E-state index contributed by atoms with van der Waals surface area (Å²) >= 11 is 0. The second-order valence-electron chi connectivity index (χ2n) is 2.10. The summed E-state index contributed by atoms with van der Waals surface area (Å²) in [5.41, 5.74) is 0. The molecule has 0 aliphatic rings. The molecular formula is C8H14O3. The van der Waals surface area contributed by atoms with Crippen LogP contribution in [0.5, 0.6) is 0 Å². The minimum atomic E-state index is -0.713. The van der Waals surface area contributed by atoms with Crippen molar-refractivity contribution in [1.29, 1.82) is 0 Å². The van der Waals surface area contributed by atoms with Crippen molar-refractivity contribution in [3.8, 4) is 0 Å². The van der Waals surface area contributed by atoms with Crippen LogP contribution in [0, 0.1) is 0 Å². The molecule has 64 valence electrons. The molecule has 3 heteroatoms. The number of allylic oxidation sites excluding steroid dienone is 1. The monoisotopic (exact) mass is 158 g/mol. The molecule has 0 unspecified atom stereocenters. The first-order valence-electron chi connectivity index (χ1n) is 3.45. The highest BCUT2D eigenvalue weighted by Crippen LogP contribution is 2.00. The van der Waals surface area contributed by atoms with E-state index in [1.165, 1.54) is 14.2 Å². The second kappa shape index (κ2) is 6.07. The predicted octanol–water partition coefficient (Wildman–Crippen LogP) is 1.14. The first-order chi connectivity index (χ1) is 5.26. The molecule has 0 radical (unpaired) electrons. The Hall–Kier alpha value is -0.670. The van der Waals surface area contributed by atoms with Crippen molar-refractivity contribution in [3.63, 3.8) is 0 Å². The third kappa shape index (κ3) is 3.91. The first-order valence-corrected chi connectivity index (χ1v) is 3.45. The topological polar surface area (TPSA) is 35.5 Å². The summed E-state index contributed by atoms with van der Waals surface area (Å²) < 4.78 is 9.50. The highest BCUT2D eigenvalue weighted by Gasteiger charge is 2.14. The van der Waals surface area contributed by atoms with E-state index in [2.05, 4.69) is 6.58 Å². The van der Waals surface area contributed by atoms with Crippen molar-refractivity contribution in [2.45, 2.75) is 19.1 Å². The van der Waals surface area contributed by atoms with E-state index < -0.39 is 6.29 Å². The lowest BCUT2D eigenvalue weighted by atomic mass is 10.2. The minimum absolute atomic E-state index is 0.0464. The average molecular weight is 158 g/mol. The summed E-state index contributed by atoms with van der Waals surface area (Å²) in [5, 5.41) is 0. The molecule has 0 saturated heterocycles. The van der Waals surface area contributed by atoms with Crippen LogP contribution in [-0.2, 0) is 14.3 Å². The smallest absolute Gasteiger partial charge is 0.217 e. The zero-order valence-electron chi connectivity index (χ0n) is 7.00. The van der Waals surface area contributed by atoms with Crippen LogP contribution in [0.1, 0.15) is 12.8 Å². The highest BCUT2D eigenvalue weighted by molar-refractivity contribution is 5.81. The number of ketones is 1. The van der Waals surface area contributed by atoms with Gasteiger partial charge in [-0.1, -0.05) is 6.08 Å². The minimum Gasteiger partial charge on any atom is -0.349 e. The largest absolute Gasteiger partial charge is 0.349 e. The van der Waals surface area contributed by atoms with Crippen LogP contribution in [0.15, 0.2) is 12.7 Å². The number of hydrogen-bond acceptors (Lipinski definition) is 3. The van der Waals surface area contributed by atoms with Crippen molar-refractivity contribution in [3.05, 3.63) is 12.7 Å². The standard InChI is InChI=1S/C8H14O3/c1-4-5-6-7(9)8(10-2)11-3/h4,8H,1,5-6H2,2-3H3. The lowest BCUT2D eigenvalue weighted by Crippen LogP contribution is -2.24. The molecule has 0 aromatic carbocycles. The van der Waals surface area contributed by atoms with Gasteiger partial charge in [-0.2, -0.15) is 0 Å². The number of ether oxygens (including phenoxy) is 2. The van der Waals surface area contributed by atoms with E-state index in [-0.39, 0.29) is 5.78 Å². The van der Waals surface area contributed by atoms with Gasteiger partial charge in [0.15, 0.2) is 5.78 Å². The fourth-order valence-corrected chi connectivity index (χ4v) is 0.721. The summed E-state index contributed by atoms with van der Waals surface area (Å²) in [6, 6.07) is 0. The maximum atomic E-state index is 11.1. The van der Waals surface area contributed by atoms with Gasteiger partial charge in [-0.3, -0.25) is 4.79 Å². The van der Waals surface area contributed by atoms with Gasteiger partial charge in [0, 0.05) is 20.6 Å². The number of carbonyl (C=O) groups is 1. The van der Waals surface area contributed by atoms with Crippen molar-refractivity contribution in [2.24, 2.45) is 0 Å². The van der Waals surface area contributed by atoms with Crippen LogP contribution < -0.4 is 0 Å². The van der Waals surface area contributed by atoms with E-state index in [4.69, 9.17) is 9.47 Å². The number of Topliss-reactive ketones (excluding diaryl/α,β-unsaturated/α-hetero) is 1. The third-order valence-electron chi connectivity index (χ3n) is 1.29. The highest BCUT2D eigenvalue weighted by atomic mass is 16.7. The zero-order chi connectivity index (χ0) is 8.69. The lowest BCUT2D eigenvalue weighted by Gasteiger charge is -2.10. The molecule has 11 heavy (non-hydrogen) atoms. The number of carbonyl (C=O) groups excluding carboxylic acids is 1. The SMILES string of the molecule is C=CCCC(=O)C(OC)OC. The molecule has 0 aromatic heterocycles. The van der Waals surface area contributed by atoms with Gasteiger partial charge >= 0.3 is 0 Å².